The molecule has 0 aromatic heterocycles. The van der Waals surface area contributed by atoms with Crippen LogP contribution in [0.5, 0.6) is 0 Å². The number of hydrogen-bond donors (Lipinski definition) is 2. The minimum Gasteiger partial charge on any atom is -0.324 e. The van der Waals surface area contributed by atoms with E-state index < -0.39 is 18.1 Å². The zero-order chi connectivity index (χ0) is 14.1. The third-order valence-corrected chi connectivity index (χ3v) is 3.12. The lowest BCUT2D eigenvalue weighted by Crippen LogP contribution is -2.37. The third kappa shape index (κ3) is 3.96. The van der Waals surface area contributed by atoms with Gasteiger partial charge >= 0.3 is 6.18 Å². The van der Waals surface area contributed by atoms with Crippen LogP contribution in [-0.4, -0.2) is 17.6 Å². The molecule has 3 nitrogen and oxygen atoms in total. The average Bonchev–Trinajstić information content (AvgIpc) is 3.06. The quantitative estimate of drug-likeness (QED) is 0.885. The molecular weight excluding hydrogens is 257 g/mol. The molecule has 1 fully saturated rings. The number of halogens is 3. The third-order valence-electron chi connectivity index (χ3n) is 3.12. The number of benzene rings is 1. The summed E-state index contributed by atoms with van der Waals surface area (Å²) < 4.78 is 36.4. The van der Waals surface area contributed by atoms with Gasteiger partial charge < -0.3 is 11.1 Å². The molecule has 0 aliphatic heterocycles. The van der Waals surface area contributed by atoms with Gasteiger partial charge in [-0.15, -0.1) is 0 Å². The zero-order valence-electron chi connectivity index (χ0n) is 10.3. The Kier molecular flexibility index (Phi) is 3.54. The Hall–Kier alpha value is -1.56. The van der Waals surface area contributed by atoms with Crippen molar-refractivity contribution in [1.29, 1.82) is 0 Å². The van der Waals surface area contributed by atoms with Crippen LogP contribution in [0.15, 0.2) is 24.3 Å². The number of alkyl halides is 3. The first-order valence-corrected chi connectivity index (χ1v) is 6.05. The first-order valence-electron chi connectivity index (χ1n) is 6.05. The highest BCUT2D eigenvalue weighted by molar-refractivity contribution is 6.00. The van der Waals surface area contributed by atoms with E-state index in [4.69, 9.17) is 5.73 Å². The van der Waals surface area contributed by atoms with Gasteiger partial charge in [0.1, 0.15) is 0 Å². The van der Waals surface area contributed by atoms with Gasteiger partial charge in [0.05, 0.1) is 5.54 Å². The van der Waals surface area contributed by atoms with Crippen molar-refractivity contribution in [3.8, 4) is 0 Å². The van der Waals surface area contributed by atoms with Crippen LogP contribution in [0, 0.1) is 0 Å². The van der Waals surface area contributed by atoms with Crippen LogP contribution in [0.3, 0.4) is 0 Å². The Morgan fingerprint density at radius 2 is 2.05 bits per heavy atom. The number of carbonyl (C=O) groups excluding carboxylic acids is 1. The summed E-state index contributed by atoms with van der Waals surface area (Å²) in [6.45, 7) is 0. The maximum atomic E-state index is 12.1. The predicted octanol–water partition coefficient (Wildman–Crippen LogP) is 2.61. The normalized spacial score (nSPS) is 17.1. The summed E-state index contributed by atoms with van der Waals surface area (Å²) in [6, 6.07) is 6.42. The largest absolute Gasteiger partial charge is 0.389 e. The Balaban J connectivity index is 1.97. The fraction of sp³-hybridized carbons (Fsp3) is 0.462. The van der Waals surface area contributed by atoms with Gasteiger partial charge in [-0.25, -0.2) is 0 Å². The molecule has 0 bridgehead atoms. The molecule has 6 heteroatoms. The number of nitrogens with two attached hydrogens (primary N) is 1. The van der Waals surface area contributed by atoms with E-state index in [-0.39, 0.29) is 12.3 Å². The molecular formula is C13H15F3N2O. The molecule has 1 aliphatic rings. The minimum atomic E-state index is -4.17. The fourth-order valence-electron chi connectivity index (χ4n) is 1.71. The van der Waals surface area contributed by atoms with Crippen LogP contribution in [0.1, 0.15) is 24.8 Å². The first-order chi connectivity index (χ1) is 8.78. The number of aryl methyl sites for hydroxylation is 1. The number of rotatable bonds is 4. The summed E-state index contributed by atoms with van der Waals surface area (Å²) in [5.74, 6) is -0.277. The van der Waals surface area contributed by atoms with Gasteiger partial charge in [-0.1, -0.05) is 12.1 Å². The Bertz CT molecular complexity index is 481. The highest BCUT2D eigenvalue weighted by Gasteiger charge is 2.45. The van der Waals surface area contributed by atoms with E-state index in [1.54, 1.807) is 24.3 Å². The standard InChI is InChI=1S/C13H15F3N2O/c14-13(15,16)5-4-9-2-1-3-10(8-9)18-11(19)12(17)6-7-12/h1-3,8H,4-7,17H2,(H,18,19). The van der Waals surface area contributed by atoms with E-state index in [9.17, 15) is 18.0 Å². The lowest BCUT2D eigenvalue weighted by atomic mass is 10.1. The van der Waals surface area contributed by atoms with Crippen LogP contribution in [0.4, 0.5) is 18.9 Å². The molecule has 0 unspecified atom stereocenters. The molecule has 1 aromatic rings. The second kappa shape index (κ2) is 4.85. The van der Waals surface area contributed by atoms with Gasteiger partial charge in [0.15, 0.2) is 0 Å². The van der Waals surface area contributed by atoms with Crippen LogP contribution in [-0.2, 0) is 11.2 Å². The predicted molar refractivity (Wildman–Crippen MR) is 65.6 cm³/mol. The summed E-state index contributed by atoms with van der Waals surface area (Å²) in [5.41, 5.74) is 5.97. The average molecular weight is 272 g/mol. The number of nitrogens with one attached hydrogen (secondary N) is 1. The summed E-state index contributed by atoms with van der Waals surface area (Å²) in [7, 11) is 0. The van der Waals surface area contributed by atoms with Crippen molar-refractivity contribution in [2.45, 2.75) is 37.4 Å². The van der Waals surface area contributed by atoms with E-state index in [1.807, 2.05) is 0 Å². The van der Waals surface area contributed by atoms with Crippen molar-refractivity contribution in [1.82, 2.24) is 0 Å². The SMILES string of the molecule is NC1(C(=O)Nc2cccc(CCC(F)(F)F)c2)CC1. The summed E-state index contributed by atoms with van der Waals surface area (Å²) in [4.78, 5) is 11.7. The van der Waals surface area contributed by atoms with Crippen LogP contribution in [0.25, 0.3) is 0 Å². The molecule has 0 heterocycles. The first kappa shape index (κ1) is 13.9. The number of anilines is 1. The molecule has 2 rings (SSSR count). The van der Waals surface area contributed by atoms with Gasteiger partial charge in [0, 0.05) is 12.1 Å². The molecule has 1 aliphatic carbocycles. The molecule has 0 spiro atoms. The van der Waals surface area contributed by atoms with Crippen LogP contribution in [0.2, 0.25) is 0 Å². The maximum absolute atomic E-state index is 12.1. The van der Waals surface area contributed by atoms with Crippen molar-refractivity contribution in [2.24, 2.45) is 5.73 Å². The second-order valence-corrected chi connectivity index (χ2v) is 4.93. The monoisotopic (exact) mass is 272 g/mol. The van der Waals surface area contributed by atoms with Crippen molar-refractivity contribution < 1.29 is 18.0 Å². The number of carbonyl (C=O) groups is 1. The van der Waals surface area contributed by atoms with E-state index in [2.05, 4.69) is 5.32 Å². The lowest BCUT2D eigenvalue weighted by molar-refractivity contribution is -0.134. The molecule has 104 valence electrons. The highest BCUT2D eigenvalue weighted by atomic mass is 19.4. The van der Waals surface area contributed by atoms with Crippen molar-refractivity contribution in [3.63, 3.8) is 0 Å². The fourth-order valence-corrected chi connectivity index (χ4v) is 1.71. The van der Waals surface area contributed by atoms with Crippen molar-refractivity contribution in [2.75, 3.05) is 5.32 Å². The maximum Gasteiger partial charge on any atom is 0.389 e. The van der Waals surface area contributed by atoms with E-state index in [1.165, 1.54) is 0 Å². The van der Waals surface area contributed by atoms with E-state index >= 15 is 0 Å². The van der Waals surface area contributed by atoms with Crippen LogP contribution >= 0.6 is 0 Å². The number of amides is 1. The van der Waals surface area contributed by atoms with Crippen molar-refractivity contribution >= 4 is 11.6 Å². The molecule has 0 atom stereocenters. The number of hydrogen-bond acceptors (Lipinski definition) is 2. The Morgan fingerprint density at radius 3 is 2.63 bits per heavy atom. The lowest BCUT2D eigenvalue weighted by Gasteiger charge is -2.11. The zero-order valence-corrected chi connectivity index (χ0v) is 10.3. The second-order valence-electron chi connectivity index (χ2n) is 4.93. The Morgan fingerprint density at radius 1 is 1.37 bits per heavy atom. The van der Waals surface area contributed by atoms with Gasteiger partial charge in [0.25, 0.3) is 0 Å². The smallest absolute Gasteiger partial charge is 0.324 e. The topological polar surface area (TPSA) is 55.1 Å². The summed E-state index contributed by atoms with van der Waals surface area (Å²) in [5, 5.41) is 2.64. The molecule has 1 amide bonds. The van der Waals surface area contributed by atoms with Crippen LogP contribution < -0.4 is 11.1 Å². The van der Waals surface area contributed by atoms with Gasteiger partial charge in [0.2, 0.25) is 5.91 Å². The summed E-state index contributed by atoms with van der Waals surface area (Å²) >= 11 is 0. The molecule has 0 radical (unpaired) electrons. The molecule has 19 heavy (non-hydrogen) atoms. The summed E-state index contributed by atoms with van der Waals surface area (Å²) in [6.07, 6.45) is -3.85. The highest BCUT2D eigenvalue weighted by Crippen LogP contribution is 2.33. The van der Waals surface area contributed by atoms with Crippen molar-refractivity contribution in [3.05, 3.63) is 29.8 Å². The van der Waals surface area contributed by atoms with Gasteiger partial charge in [-0.05, 0) is 37.0 Å². The van der Waals surface area contributed by atoms with Gasteiger partial charge in [-0.2, -0.15) is 13.2 Å². The van der Waals surface area contributed by atoms with E-state index in [0.29, 0.717) is 24.1 Å². The molecule has 1 saturated carbocycles. The molecule has 0 saturated heterocycles. The Labute approximate surface area is 109 Å². The minimum absolute atomic E-state index is 0.0963. The van der Waals surface area contributed by atoms with E-state index in [0.717, 1.165) is 0 Å². The molecule has 1 aromatic carbocycles. The van der Waals surface area contributed by atoms with Gasteiger partial charge in [-0.3, -0.25) is 4.79 Å². The molecule has 3 N–H and O–H groups in total.